The minimum Gasteiger partial charge on any atom is -0.385 e. The summed E-state index contributed by atoms with van der Waals surface area (Å²) in [6, 6.07) is 7.89. The number of hydrogen-bond acceptors (Lipinski definition) is 3. The van der Waals surface area contributed by atoms with Crippen LogP contribution in [0.4, 0.5) is 0 Å². The Morgan fingerprint density at radius 1 is 1.06 bits per heavy atom. The van der Waals surface area contributed by atoms with Gasteiger partial charge in [-0.25, -0.2) is 9.97 Å². The van der Waals surface area contributed by atoms with E-state index in [4.69, 9.17) is 0 Å². The molecule has 0 aliphatic heterocycles. The first kappa shape index (κ1) is 11.7. The molecule has 0 bridgehead atoms. The van der Waals surface area contributed by atoms with E-state index in [-0.39, 0.29) is 0 Å². The van der Waals surface area contributed by atoms with Gasteiger partial charge in [0.2, 0.25) is 0 Å². The zero-order valence-electron chi connectivity index (χ0n) is 10.1. The maximum Gasteiger partial charge on any atom is 0.157 e. The summed E-state index contributed by atoms with van der Waals surface area (Å²) in [5.74, 6) is 0.482. The quantitative estimate of drug-likeness (QED) is 0.877. The van der Waals surface area contributed by atoms with Crippen LogP contribution in [-0.4, -0.2) is 15.1 Å². The van der Waals surface area contributed by atoms with Crippen molar-refractivity contribution in [3.05, 3.63) is 59.2 Å². The van der Waals surface area contributed by atoms with Gasteiger partial charge in [0.05, 0.1) is 0 Å². The molecule has 3 nitrogen and oxygen atoms in total. The van der Waals surface area contributed by atoms with Crippen molar-refractivity contribution in [1.29, 1.82) is 0 Å². The summed E-state index contributed by atoms with van der Waals surface area (Å²) in [6.45, 7) is 4.11. The standard InChI is InChI=1S/C14H16N2O/c1-10-5-3-6-11(2)12(10)9-13(17)14-15-7-4-8-16-14/h3-8,13,17H,9H2,1-2H3. The van der Waals surface area contributed by atoms with Gasteiger partial charge in [-0.15, -0.1) is 0 Å². The molecule has 17 heavy (non-hydrogen) atoms. The predicted octanol–water partition coefficient (Wildman–Crippen LogP) is 2.37. The van der Waals surface area contributed by atoms with Crippen LogP contribution in [0.5, 0.6) is 0 Å². The fourth-order valence-electron chi connectivity index (χ4n) is 1.94. The molecule has 1 unspecified atom stereocenters. The third-order valence-electron chi connectivity index (χ3n) is 2.93. The van der Waals surface area contributed by atoms with Gasteiger partial charge < -0.3 is 5.11 Å². The lowest BCUT2D eigenvalue weighted by molar-refractivity contribution is 0.168. The van der Waals surface area contributed by atoms with Crippen molar-refractivity contribution in [2.24, 2.45) is 0 Å². The molecule has 1 atom stereocenters. The Kier molecular flexibility index (Phi) is 3.49. The maximum absolute atomic E-state index is 10.1. The van der Waals surface area contributed by atoms with Crippen molar-refractivity contribution in [2.75, 3.05) is 0 Å². The van der Waals surface area contributed by atoms with E-state index in [9.17, 15) is 5.11 Å². The van der Waals surface area contributed by atoms with Crippen LogP contribution in [0, 0.1) is 13.8 Å². The number of aliphatic hydroxyl groups excluding tert-OH is 1. The van der Waals surface area contributed by atoms with Gasteiger partial charge in [0.15, 0.2) is 5.82 Å². The van der Waals surface area contributed by atoms with Crippen LogP contribution in [0.2, 0.25) is 0 Å². The molecular formula is C14H16N2O. The summed E-state index contributed by atoms with van der Waals surface area (Å²) in [4.78, 5) is 8.15. The van der Waals surface area contributed by atoms with Gasteiger partial charge in [-0.1, -0.05) is 18.2 Å². The van der Waals surface area contributed by atoms with Crippen molar-refractivity contribution >= 4 is 0 Å². The molecule has 1 heterocycles. The van der Waals surface area contributed by atoms with Gasteiger partial charge in [0.1, 0.15) is 6.10 Å². The average Bonchev–Trinajstić information content (AvgIpc) is 2.35. The zero-order chi connectivity index (χ0) is 12.3. The second kappa shape index (κ2) is 5.06. The number of aryl methyl sites for hydroxylation is 2. The topological polar surface area (TPSA) is 46.0 Å². The Balaban J connectivity index is 2.22. The number of nitrogens with zero attached hydrogens (tertiary/aromatic N) is 2. The first-order valence-corrected chi connectivity index (χ1v) is 5.68. The molecule has 0 saturated heterocycles. The number of aromatic nitrogens is 2. The maximum atomic E-state index is 10.1. The first-order chi connectivity index (χ1) is 8.18. The number of aliphatic hydroxyl groups is 1. The van der Waals surface area contributed by atoms with Crippen molar-refractivity contribution in [1.82, 2.24) is 9.97 Å². The largest absolute Gasteiger partial charge is 0.385 e. The Labute approximate surface area is 101 Å². The van der Waals surface area contributed by atoms with Crippen LogP contribution in [0.3, 0.4) is 0 Å². The highest BCUT2D eigenvalue weighted by molar-refractivity contribution is 5.34. The molecule has 2 aromatic rings. The first-order valence-electron chi connectivity index (χ1n) is 5.68. The molecule has 0 saturated carbocycles. The molecule has 88 valence electrons. The third kappa shape index (κ3) is 2.68. The minimum absolute atomic E-state index is 0.482. The molecule has 2 rings (SSSR count). The van der Waals surface area contributed by atoms with Crippen molar-refractivity contribution in [3.8, 4) is 0 Å². The van der Waals surface area contributed by atoms with E-state index in [1.807, 2.05) is 6.07 Å². The van der Waals surface area contributed by atoms with E-state index < -0.39 is 6.10 Å². The fraction of sp³-hybridized carbons (Fsp3) is 0.286. The molecule has 0 fully saturated rings. The van der Waals surface area contributed by atoms with Gasteiger partial charge in [-0.2, -0.15) is 0 Å². The van der Waals surface area contributed by atoms with Crippen LogP contribution < -0.4 is 0 Å². The van der Waals surface area contributed by atoms with E-state index in [0.29, 0.717) is 12.2 Å². The lowest BCUT2D eigenvalue weighted by atomic mass is 9.97. The van der Waals surface area contributed by atoms with E-state index in [2.05, 4.69) is 35.9 Å². The lowest BCUT2D eigenvalue weighted by Crippen LogP contribution is -2.08. The van der Waals surface area contributed by atoms with Gasteiger partial charge >= 0.3 is 0 Å². The molecule has 0 amide bonds. The number of rotatable bonds is 3. The summed E-state index contributed by atoms with van der Waals surface area (Å²) < 4.78 is 0. The Morgan fingerprint density at radius 3 is 2.24 bits per heavy atom. The molecule has 0 aliphatic rings. The van der Waals surface area contributed by atoms with E-state index in [1.165, 1.54) is 16.7 Å². The Morgan fingerprint density at radius 2 is 1.65 bits per heavy atom. The third-order valence-corrected chi connectivity index (χ3v) is 2.93. The molecule has 1 aromatic heterocycles. The second-order valence-electron chi connectivity index (χ2n) is 4.20. The van der Waals surface area contributed by atoms with Crippen molar-refractivity contribution in [2.45, 2.75) is 26.4 Å². The molecule has 1 aromatic carbocycles. The average molecular weight is 228 g/mol. The van der Waals surface area contributed by atoms with Crippen LogP contribution in [0.15, 0.2) is 36.7 Å². The highest BCUT2D eigenvalue weighted by Gasteiger charge is 2.13. The summed E-state index contributed by atoms with van der Waals surface area (Å²) >= 11 is 0. The van der Waals surface area contributed by atoms with Crippen LogP contribution in [0.25, 0.3) is 0 Å². The Hall–Kier alpha value is -1.74. The van der Waals surface area contributed by atoms with Gasteiger partial charge in [0, 0.05) is 18.8 Å². The predicted molar refractivity (Wildman–Crippen MR) is 66.6 cm³/mol. The summed E-state index contributed by atoms with van der Waals surface area (Å²) in [7, 11) is 0. The number of benzene rings is 1. The normalized spacial score (nSPS) is 12.4. The lowest BCUT2D eigenvalue weighted by Gasteiger charge is -2.13. The molecule has 1 N–H and O–H groups in total. The molecule has 3 heteroatoms. The molecule has 0 spiro atoms. The molecule has 0 aliphatic carbocycles. The zero-order valence-corrected chi connectivity index (χ0v) is 10.1. The minimum atomic E-state index is -0.643. The summed E-state index contributed by atoms with van der Waals surface area (Å²) in [5.41, 5.74) is 3.56. The van der Waals surface area contributed by atoms with E-state index >= 15 is 0 Å². The summed E-state index contributed by atoms with van der Waals surface area (Å²) in [5, 5.41) is 10.1. The smallest absolute Gasteiger partial charge is 0.157 e. The van der Waals surface area contributed by atoms with Crippen LogP contribution in [0.1, 0.15) is 28.6 Å². The summed E-state index contributed by atoms with van der Waals surface area (Å²) in [6.07, 6.45) is 3.21. The molecule has 0 radical (unpaired) electrons. The monoisotopic (exact) mass is 228 g/mol. The van der Waals surface area contributed by atoms with Crippen molar-refractivity contribution in [3.63, 3.8) is 0 Å². The SMILES string of the molecule is Cc1cccc(C)c1CC(O)c1ncccn1. The van der Waals surface area contributed by atoms with Crippen LogP contribution in [-0.2, 0) is 6.42 Å². The second-order valence-corrected chi connectivity index (χ2v) is 4.20. The highest BCUT2D eigenvalue weighted by Crippen LogP contribution is 2.20. The Bertz CT molecular complexity index is 477. The van der Waals surface area contributed by atoms with Crippen molar-refractivity contribution < 1.29 is 5.11 Å². The van der Waals surface area contributed by atoms with Gasteiger partial charge in [-0.05, 0) is 36.6 Å². The van der Waals surface area contributed by atoms with Gasteiger partial charge in [-0.3, -0.25) is 0 Å². The van der Waals surface area contributed by atoms with E-state index in [1.54, 1.807) is 18.5 Å². The fourth-order valence-corrected chi connectivity index (χ4v) is 1.94. The van der Waals surface area contributed by atoms with Gasteiger partial charge in [0.25, 0.3) is 0 Å². The van der Waals surface area contributed by atoms with Crippen LogP contribution >= 0.6 is 0 Å². The van der Waals surface area contributed by atoms with E-state index in [0.717, 1.165) is 0 Å². The number of hydrogen-bond donors (Lipinski definition) is 1. The molecular weight excluding hydrogens is 212 g/mol. The highest BCUT2D eigenvalue weighted by atomic mass is 16.3.